The van der Waals surface area contributed by atoms with E-state index in [1.807, 2.05) is 32.4 Å². The van der Waals surface area contributed by atoms with Crippen LogP contribution < -0.4 is 5.32 Å². The lowest BCUT2D eigenvalue weighted by molar-refractivity contribution is 0.187. The van der Waals surface area contributed by atoms with Gasteiger partial charge in [-0.25, -0.2) is 13.2 Å². The van der Waals surface area contributed by atoms with Gasteiger partial charge in [0.25, 0.3) is 0 Å². The molecule has 0 radical (unpaired) electrons. The van der Waals surface area contributed by atoms with Crippen LogP contribution in [0.2, 0.25) is 0 Å². The summed E-state index contributed by atoms with van der Waals surface area (Å²) < 4.78 is 24.7. The normalized spacial score (nSPS) is 13.0. The van der Waals surface area contributed by atoms with Crippen LogP contribution in [0.1, 0.15) is 37.7 Å². The fourth-order valence-electron chi connectivity index (χ4n) is 2.75. The Morgan fingerprint density at radius 1 is 1.35 bits per heavy atom. The summed E-state index contributed by atoms with van der Waals surface area (Å²) in [6.07, 6.45) is 1.18. The number of aromatic nitrogens is 2. The summed E-state index contributed by atoms with van der Waals surface area (Å²) in [5.41, 5.74) is 2.95. The highest BCUT2D eigenvalue weighted by molar-refractivity contribution is 7.90. The molecule has 0 aromatic carbocycles. The van der Waals surface area contributed by atoms with Crippen LogP contribution in [0.3, 0.4) is 0 Å². The van der Waals surface area contributed by atoms with Gasteiger partial charge in [-0.3, -0.25) is 4.68 Å². The maximum absolute atomic E-state index is 12.4. The van der Waals surface area contributed by atoms with Gasteiger partial charge in [0.1, 0.15) is 9.84 Å². The summed E-state index contributed by atoms with van der Waals surface area (Å²) in [5.74, 6) is -0.0416. The number of nitrogens with zero attached hydrogens (tertiary/aromatic N) is 3. The van der Waals surface area contributed by atoms with E-state index in [0.717, 1.165) is 23.5 Å². The van der Waals surface area contributed by atoms with Crippen molar-refractivity contribution in [2.45, 2.75) is 53.8 Å². The number of aryl methyl sites for hydroxylation is 2. The van der Waals surface area contributed by atoms with E-state index < -0.39 is 9.84 Å². The Kier molecular flexibility index (Phi) is 6.61. The number of amides is 2. The fraction of sp³-hybridized carbons (Fsp3) is 0.733. The molecule has 0 saturated heterocycles. The van der Waals surface area contributed by atoms with Crippen molar-refractivity contribution in [1.29, 1.82) is 0 Å². The topological polar surface area (TPSA) is 84.3 Å². The van der Waals surface area contributed by atoms with E-state index in [0.29, 0.717) is 13.1 Å². The highest BCUT2D eigenvalue weighted by atomic mass is 32.2. The number of carbonyl (C=O) groups excluding carboxylic acids is 1. The van der Waals surface area contributed by atoms with Crippen molar-refractivity contribution in [2.75, 3.05) is 18.6 Å². The number of urea groups is 1. The second-order valence-electron chi connectivity index (χ2n) is 5.85. The Balaban J connectivity index is 2.76. The second kappa shape index (κ2) is 7.81. The van der Waals surface area contributed by atoms with Crippen LogP contribution in [-0.2, 0) is 22.9 Å². The van der Waals surface area contributed by atoms with Gasteiger partial charge in [-0.1, -0.05) is 0 Å². The zero-order valence-electron chi connectivity index (χ0n) is 14.9. The first kappa shape index (κ1) is 19.5. The molecule has 0 aliphatic rings. The maximum Gasteiger partial charge on any atom is 0.317 e. The summed E-state index contributed by atoms with van der Waals surface area (Å²) in [6.45, 7) is 11.1. The Bertz CT molecular complexity index is 652. The van der Waals surface area contributed by atoms with Crippen molar-refractivity contribution in [3.63, 3.8) is 0 Å². The Hall–Kier alpha value is -1.57. The molecule has 8 heteroatoms. The first-order chi connectivity index (χ1) is 10.6. The Morgan fingerprint density at radius 2 is 1.96 bits per heavy atom. The third-order valence-electron chi connectivity index (χ3n) is 3.92. The molecular weight excluding hydrogens is 316 g/mol. The Morgan fingerprint density at radius 3 is 2.39 bits per heavy atom. The molecule has 0 saturated carbocycles. The molecule has 1 heterocycles. The molecule has 23 heavy (non-hydrogen) atoms. The zero-order valence-corrected chi connectivity index (χ0v) is 15.7. The average Bonchev–Trinajstić information content (AvgIpc) is 2.70. The van der Waals surface area contributed by atoms with Crippen LogP contribution in [0.5, 0.6) is 0 Å². The second-order valence-corrected chi connectivity index (χ2v) is 8.04. The third kappa shape index (κ3) is 5.23. The van der Waals surface area contributed by atoms with Gasteiger partial charge in [0.15, 0.2) is 0 Å². The molecule has 7 nitrogen and oxygen atoms in total. The summed E-state index contributed by atoms with van der Waals surface area (Å²) in [5, 5.41) is 7.30. The van der Waals surface area contributed by atoms with Gasteiger partial charge in [-0.05, 0) is 34.6 Å². The minimum absolute atomic E-state index is 0.0416. The molecule has 1 N–H and O–H groups in total. The average molecular weight is 344 g/mol. The number of hydrogen-bond acceptors (Lipinski definition) is 4. The fourth-order valence-corrected chi connectivity index (χ4v) is 3.80. The van der Waals surface area contributed by atoms with Crippen molar-refractivity contribution in [1.82, 2.24) is 20.0 Å². The van der Waals surface area contributed by atoms with E-state index in [1.54, 1.807) is 6.92 Å². The number of nitrogens with one attached hydrogen (secondary N) is 1. The Labute approximate surface area is 139 Å². The van der Waals surface area contributed by atoms with Crippen LogP contribution in [0.25, 0.3) is 0 Å². The standard InChI is InChI=1S/C15H28N4O3S/c1-7-18(11(3)10-23(6,21)22)15(20)16-9-14-12(4)17-19(8-2)13(14)5/h11H,7-10H2,1-6H3,(H,16,20)/t11-/m0/s1. The molecule has 0 fully saturated rings. The summed E-state index contributed by atoms with van der Waals surface area (Å²) in [4.78, 5) is 13.9. The van der Waals surface area contributed by atoms with Crippen molar-refractivity contribution < 1.29 is 13.2 Å². The van der Waals surface area contributed by atoms with E-state index in [9.17, 15) is 13.2 Å². The molecule has 0 unspecified atom stereocenters. The summed E-state index contributed by atoms with van der Waals surface area (Å²) in [7, 11) is -3.13. The van der Waals surface area contributed by atoms with Crippen molar-refractivity contribution >= 4 is 15.9 Å². The van der Waals surface area contributed by atoms with Crippen LogP contribution in [0.4, 0.5) is 4.79 Å². The van der Waals surface area contributed by atoms with Gasteiger partial charge in [0, 0.05) is 43.2 Å². The lowest BCUT2D eigenvalue weighted by Crippen LogP contribution is -2.47. The quantitative estimate of drug-likeness (QED) is 0.812. The molecule has 2 amide bonds. The predicted octanol–water partition coefficient (Wildman–Crippen LogP) is 1.48. The van der Waals surface area contributed by atoms with E-state index in [4.69, 9.17) is 0 Å². The molecule has 1 rings (SSSR count). The summed E-state index contributed by atoms with van der Waals surface area (Å²) in [6, 6.07) is -0.623. The molecule has 132 valence electrons. The highest BCUT2D eigenvalue weighted by Crippen LogP contribution is 2.13. The van der Waals surface area contributed by atoms with Crippen LogP contribution in [-0.4, -0.2) is 53.7 Å². The smallest absolute Gasteiger partial charge is 0.317 e. The number of sulfone groups is 1. The van der Waals surface area contributed by atoms with Crippen LogP contribution in [0, 0.1) is 13.8 Å². The number of carbonyl (C=O) groups is 1. The minimum Gasteiger partial charge on any atom is -0.334 e. The molecule has 0 aliphatic heterocycles. The van der Waals surface area contributed by atoms with Crippen LogP contribution in [0.15, 0.2) is 0 Å². The van der Waals surface area contributed by atoms with Crippen molar-refractivity contribution in [3.8, 4) is 0 Å². The molecule has 0 bridgehead atoms. The van der Waals surface area contributed by atoms with Crippen LogP contribution >= 0.6 is 0 Å². The van der Waals surface area contributed by atoms with Gasteiger partial charge < -0.3 is 10.2 Å². The minimum atomic E-state index is -3.13. The zero-order chi connectivity index (χ0) is 17.8. The highest BCUT2D eigenvalue weighted by Gasteiger charge is 2.22. The van der Waals surface area contributed by atoms with E-state index in [2.05, 4.69) is 10.4 Å². The first-order valence-electron chi connectivity index (χ1n) is 7.85. The van der Waals surface area contributed by atoms with E-state index in [-0.39, 0.29) is 17.8 Å². The summed E-state index contributed by atoms with van der Waals surface area (Å²) >= 11 is 0. The lowest BCUT2D eigenvalue weighted by Gasteiger charge is -2.27. The van der Waals surface area contributed by atoms with E-state index in [1.165, 1.54) is 11.2 Å². The maximum atomic E-state index is 12.4. The predicted molar refractivity (Wildman–Crippen MR) is 91.2 cm³/mol. The molecule has 0 spiro atoms. The molecule has 1 aromatic heterocycles. The molecule has 0 aliphatic carbocycles. The van der Waals surface area contributed by atoms with Crippen molar-refractivity contribution in [3.05, 3.63) is 17.0 Å². The SMILES string of the molecule is CCN(C(=O)NCc1c(C)nn(CC)c1C)[C@@H](C)CS(C)(=O)=O. The molecule has 1 atom stereocenters. The van der Waals surface area contributed by atoms with Gasteiger partial charge in [0.2, 0.25) is 0 Å². The number of hydrogen-bond donors (Lipinski definition) is 1. The largest absolute Gasteiger partial charge is 0.334 e. The monoisotopic (exact) mass is 344 g/mol. The van der Waals surface area contributed by atoms with E-state index >= 15 is 0 Å². The molecular formula is C15H28N4O3S. The lowest BCUT2D eigenvalue weighted by atomic mass is 10.2. The van der Waals surface area contributed by atoms with Gasteiger partial charge in [-0.2, -0.15) is 5.10 Å². The third-order valence-corrected chi connectivity index (χ3v) is 5.01. The van der Waals surface area contributed by atoms with Gasteiger partial charge in [0.05, 0.1) is 11.4 Å². The van der Waals surface area contributed by atoms with Gasteiger partial charge >= 0.3 is 6.03 Å². The first-order valence-corrected chi connectivity index (χ1v) is 9.91. The van der Waals surface area contributed by atoms with Gasteiger partial charge in [-0.15, -0.1) is 0 Å². The number of rotatable bonds is 7. The molecule has 1 aromatic rings. The van der Waals surface area contributed by atoms with Crippen molar-refractivity contribution in [2.24, 2.45) is 0 Å².